The van der Waals surface area contributed by atoms with Gasteiger partial charge in [-0.1, -0.05) is 17.7 Å². The van der Waals surface area contributed by atoms with Crippen LogP contribution in [0.4, 0.5) is 0 Å². The predicted octanol–water partition coefficient (Wildman–Crippen LogP) is 1.93. The van der Waals surface area contributed by atoms with Crippen LogP contribution in [-0.2, 0) is 6.42 Å². The van der Waals surface area contributed by atoms with E-state index in [0.29, 0.717) is 5.02 Å². The van der Waals surface area contributed by atoms with E-state index < -0.39 is 0 Å². The summed E-state index contributed by atoms with van der Waals surface area (Å²) in [5.74, 6) is 0.00116. The van der Waals surface area contributed by atoms with E-state index in [-0.39, 0.29) is 5.91 Å². The van der Waals surface area contributed by atoms with Crippen molar-refractivity contribution in [2.45, 2.75) is 13.3 Å². The lowest BCUT2D eigenvalue weighted by Crippen LogP contribution is -2.32. The molecule has 1 aliphatic rings. The largest absolute Gasteiger partial charge is 0.352 e. The van der Waals surface area contributed by atoms with Crippen LogP contribution in [0.5, 0.6) is 0 Å². The van der Waals surface area contributed by atoms with Crippen molar-refractivity contribution < 1.29 is 4.79 Å². The first-order valence-electron chi connectivity index (χ1n) is 4.26. The molecule has 1 aliphatic heterocycles. The molecule has 0 unspecified atom stereocenters. The van der Waals surface area contributed by atoms with Gasteiger partial charge in [0.15, 0.2) is 0 Å². The monoisotopic (exact) mass is 195 g/mol. The minimum absolute atomic E-state index is 0.00116. The summed E-state index contributed by atoms with van der Waals surface area (Å²) in [6, 6.07) is 3.79. The molecule has 1 amide bonds. The van der Waals surface area contributed by atoms with Gasteiger partial charge in [0.25, 0.3) is 5.91 Å². The second-order valence-electron chi connectivity index (χ2n) is 3.21. The van der Waals surface area contributed by atoms with Gasteiger partial charge < -0.3 is 5.32 Å². The molecule has 0 aromatic heterocycles. The van der Waals surface area contributed by atoms with Crippen LogP contribution in [0.15, 0.2) is 12.1 Å². The molecular weight excluding hydrogens is 186 g/mol. The first-order chi connectivity index (χ1) is 6.20. The maximum absolute atomic E-state index is 11.5. The van der Waals surface area contributed by atoms with Crippen molar-refractivity contribution in [2.75, 3.05) is 6.54 Å². The van der Waals surface area contributed by atoms with Gasteiger partial charge in [0.05, 0.1) is 0 Å². The Labute approximate surface area is 81.9 Å². The molecule has 0 aliphatic carbocycles. The number of halogens is 1. The van der Waals surface area contributed by atoms with Gasteiger partial charge in [-0.15, -0.1) is 0 Å². The molecule has 0 saturated heterocycles. The zero-order valence-corrected chi connectivity index (χ0v) is 8.11. The molecule has 3 heteroatoms. The van der Waals surface area contributed by atoms with E-state index in [1.807, 2.05) is 19.1 Å². The predicted molar refractivity (Wildman–Crippen MR) is 52.2 cm³/mol. The minimum Gasteiger partial charge on any atom is -0.352 e. The molecule has 1 aromatic rings. The first kappa shape index (κ1) is 8.57. The zero-order chi connectivity index (χ0) is 9.42. The van der Waals surface area contributed by atoms with Gasteiger partial charge in [0.2, 0.25) is 0 Å². The van der Waals surface area contributed by atoms with E-state index in [1.54, 1.807) is 0 Å². The third-order valence-electron chi connectivity index (χ3n) is 2.39. The van der Waals surface area contributed by atoms with Gasteiger partial charge >= 0.3 is 0 Å². The Balaban J connectivity index is 2.65. The van der Waals surface area contributed by atoms with E-state index in [4.69, 9.17) is 11.6 Å². The van der Waals surface area contributed by atoms with Crippen molar-refractivity contribution in [3.05, 3.63) is 33.8 Å². The van der Waals surface area contributed by atoms with Crippen LogP contribution in [0.2, 0.25) is 5.02 Å². The van der Waals surface area contributed by atoms with Gasteiger partial charge in [-0.25, -0.2) is 0 Å². The molecule has 2 nitrogen and oxygen atoms in total. The highest BCUT2D eigenvalue weighted by molar-refractivity contribution is 6.32. The van der Waals surface area contributed by atoms with Gasteiger partial charge in [-0.2, -0.15) is 0 Å². The number of fused-ring (bicyclic) bond motifs is 1. The molecule has 0 atom stereocenters. The fraction of sp³-hybridized carbons (Fsp3) is 0.300. The summed E-state index contributed by atoms with van der Waals surface area (Å²) in [6.45, 7) is 2.61. The summed E-state index contributed by atoms with van der Waals surface area (Å²) in [6.07, 6.45) is 0.902. The van der Waals surface area contributed by atoms with Crippen LogP contribution in [0, 0.1) is 6.92 Å². The average molecular weight is 196 g/mol. The lowest BCUT2D eigenvalue weighted by Gasteiger charge is -2.18. The number of benzene rings is 1. The second-order valence-corrected chi connectivity index (χ2v) is 3.62. The van der Waals surface area contributed by atoms with Gasteiger partial charge in [0.1, 0.15) is 0 Å². The van der Waals surface area contributed by atoms with Crippen LogP contribution >= 0.6 is 11.6 Å². The number of rotatable bonds is 0. The summed E-state index contributed by atoms with van der Waals surface area (Å²) in [5.41, 5.74) is 2.75. The van der Waals surface area contributed by atoms with Crippen LogP contribution in [-0.4, -0.2) is 12.5 Å². The topological polar surface area (TPSA) is 29.1 Å². The van der Waals surface area contributed by atoms with Crippen molar-refractivity contribution in [1.82, 2.24) is 5.32 Å². The summed E-state index contributed by atoms with van der Waals surface area (Å²) in [4.78, 5) is 11.5. The Bertz CT molecular complexity index is 373. The van der Waals surface area contributed by atoms with E-state index in [0.717, 1.165) is 29.7 Å². The van der Waals surface area contributed by atoms with Crippen LogP contribution in [0.25, 0.3) is 0 Å². The SMILES string of the molecule is Cc1c(Cl)ccc2c1C(=O)NCC2. The van der Waals surface area contributed by atoms with E-state index in [9.17, 15) is 4.79 Å². The Morgan fingerprint density at radius 2 is 2.23 bits per heavy atom. The highest BCUT2D eigenvalue weighted by atomic mass is 35.5. The summed E-state index contributed by atoms with van der Waals surface area (Å²) in [5, 5.41) is 3.47. The molecular formula is C10H10ClNO. The minimum atomic E-state index is 0.00116. The number of hydrogen-bond donors (Lipinski definition) is 1. The normalized spacial score (nSPS) is 15.1. The zero-order valence-electron chi connectivity index (χ0n) is 7.36. The van der Waals surface area contributed by atoms with Crippen molar-refractivity contribution in [2.24, 2.45) is 0 Å². The Morgan fingerprint density at radius 3 is 3.00 bits per heavy atom. The second kappa shape index (κ2) is 3.04. The first-order valence-corrected chi connectivity index (χ1v) is 4.64. The van der Waals surface area contributed by atoms with E-state index in [2.05, 4.69) is 5.32 Å². The highest BCUT2D eigenvalue weighted by Crippen LogP contribution is 2.24. The molecule has 0 radical (unpaired) electrons. The lowest BCUT2D eigenvalue weighted by atomic mass is 9.96. The van der Waals surface area contributed by atoms with E-state index in [1.165, 1.54) is 0 Å². The van der Waals surface area contributed by atoms with Crippen LogP contribution in [0.3, 0.4) is 0 Å². The Morgan fingerprint density at radius 1 is 1.46 bits per heavy atom. The molecule has 68 valence electrons. The molecule has 0 spiro atoms. The summed E-state index contributed by atoms with van der Waals surface area (Å²) < 4.78 is 0. The summed E-state index contributed by atoms with van der Waals surface area (Å²) in [7, 11) is 0. The van der Waals surface area contributed by atoms with Gasteiger partial charge in [-0.3, -0.25) is 4.79 Å². The standard InChI is InChI=1S/C10H10ClNO/c1-6-8(11)3-2-7-4-5-12-10(13)9(6)7/h2-3H,4-5H2,1H3,(H,12,13). The molecule has 0 saturated carbocycles. The summed E-state index contributed by atoms with van der Waals surface area (Å²) >= 11 is 5.93. The Kier molecular flexibility index (Phi) is 2.00. The molecule has 1 heterocycles. The number of amides is 1. The fourth-order valence-corrected chi connectivity index (χ4v) is 1.82. The van der Waals surface area contributed by atoms with Crippen molar-refractivity contribution in [3.8, 4) is 0 Å². The van der Waals surface area contributed by atoms with Gasteiger partial charge in [-0.05, 0) is 30.5 Å². The molecule has 2 rings (SSSR count). The maximum Gasteiger partial charge on any atom is 0.251 e. The number of hydrogen-bond acceptors (Lipinski definition) is 1. The molecule has 1 N–H and O–H groups in total. The molecule has 0 fully saturated rings. The highest BCUT2D eigenvalue weighted by Gasteiger charge is 2.19. The lowest BCUT2D eigenvalue weighted by molar-refractivity contribution is 0.0945. The third-order valence-corrected chi connectivity index (χ3v) is 2.80. The molecule has 13 heavy (non-hydrogen) atoms. The molecule has 0 bridgehead atoms. The smallest absolute Gasteiger partial charge is 0.251 e. The van der Waals surface area contributed by atoms with Crippen LogP contribution < -0.4 is 5.32 Å². The van der Waals surface area contributed by atoms with Crippen molar-refractivity contribution in [1.29, 1.82) is 0 Å². The van der Waals surface area contributed by atoms with Crippen molar-refractivity contribution >= 4 is 17.5 Å². The van der Waals surface area contributed by atoms with Gasteiger partial charge in [0, 0.05) is 17.1 Å². The Hall–Kier alpha value is -1.02. The van der Waals surface area contributed by atoms with Crippen LogP contribution in [0.1, 0.15) is 21.5 Å². The number of carbonyl (C=O) groups is 1. The average Bonchev–Trinajstić information content (AvgIpc) is 2.12. The maximum atomic E-state index is 11.5. The third kappa shape index (κ3) is 1.31. The van der Waals surface area contributed by atoms with E-state index >= 15 is 0 Å². The number of nitrogens with one attached hydrogen (secondary N) is 1. The fourth-order valence-electron chi connectivity index (χ4n) is 1.67. The molecule has 1 aromatic carbocycles. The number of carbonyl (C=O) groups excluding carboxylic acids is 1. The quantitative estimate of drug-likeness (QED) is 0.674. The van der Waals surface area contributed by atoms with Crippen molar-refractivity contribution in [3.63, 3.8) is 0 Å².